The number of rotatable bonds is 8. The van der Waals surface area contributed by atoms with Crippen LogP contribution in [0.25, 0.3) is 72.7 Å². The SMILES string of the molecule is Cc1ccc(-c2ccnc(-c3[c-]c(-c4cccc5c4nc(-c4cc(C(C)(C)C)cc(C(C)(C)C)c4O)n5-c4ccc(CC(C)C)cc4-c4ccccc4)cc(C(C)(C)C)c3)c2)cc1.[Pt]. The van der Waals surface area contributed by atoms with Gasteiger partial charge in [0.1, 0.15) is 11.6 Å². The number of para-hydroxylation sites is 1. The Morgan fingerprint density at radius 2 is 1.28 bits per heavy atom. The number of imidazole rings is 1. The molecule has 0 radical (unpaired) electrons. The first-order chi connectivity index (χ1) is 29.8. The van der Waals surface area contributed by atoms with E-state index in [1.807, 2.05) is 6.20 Å². The van der Waals surface area contributed by atoms with Gasteiger partial charge in [-0.3, -0.25) is 9.55 Å². The van der Waals surface area contributed by atoms with Crippen molar-refractivity contribution in [2.24, 2.45) is 5.92 Å². The van der Waals surface area contributed by atoms with Gasteiger partial charge in [0.05, 0.1) is 22.3 Å². The number of aromatic nitrogens is 3. The average Bonchev–Trinajstić information content (AvgIpc) is 3.62. The van der Waals surface area contributed by atoms with Gasteiger partial charge < -0.3 is 5.11 Å². The molecule has 0 saturated carbocycles. The molecule has 6 aromatic carbocycles. The van der Waals surface area contributed by atoms with Gasteiger partial charge in [-0.1, -0.05) is 178 Å². The number of phenols is 1. The fraction of sp³-hybridized carbons (Fsp3) is 0.288. The Morgan fingerprint density at radius 3 is 1.94 bits per heavy atom. The van der Waals surface area contributed by atoms with Crippen LogP contribution >= 0.6 is 0 Å². The quantitative estimate of drug-likeness (QED) is 0.154. The van der Waals surface area contributed by atoms with Crippen LogP contribution in [0.15, 0.2) is 134 Å². The molecule has 2 aromatic heterocycles. The van der Waals surface area contributed by atoms with E-state index in [4.69, 9.17) is 9.97 Å². The zero-order valence-electron chi connectivity index (χ0n) is 39.6. The summed E-state index contributed by atoms with van der Waals surface area (Å²) in [5, 5.41) is 12.5. The third-order valence-corrected chi connectivity index (χ3v) is 12.2. The summed E-state index contributed by atoms with van der Waals surface area (Å²) in [6, 6.07) is 49.6. The minimum absolute atomic E-state index is 0. The van der Waals surface area contributed by atoms with Crippen LogP contribution in [0.4, 0.5) is 0 Å². The van der Waals surface area contributed by atoms with E-state index >= 15 is 0 Å². The van der Waals surface area contributed by atoms with Crippen molar-refractivity contribution >= 4 is 11.0 Å². The van der Waals surface area contributed by atoms with Gasteiger partial charge in [0.2, 0.25) is 0 Å². The van der Waals surface area contributed by atoms with E-state index in [0.717, 1.165) is 78.9 Å². The molecular formula is C59H62N3OPt-. The van der Waals surface area contributed by atoms with Crippen LogP contribution in [0.3, 0.4) is 0 Å². The topological polar surface area (TPSA) is 50.9 Å². The predicted molar refractivity (Wildman–Crippen MR) is 266 cm³/mol. The number of hydrogen-bond donors (Lipinski definition) is 1. The number of benzene rings is 6. The molecule has 0 fully saturated rings. The number of fused-ring (bicyclic) bond motifs is 1. The van der Waals surface area contributed by atoms with Crippen LogP contribution in [0.2, 0.25) is 0 Å². The molecule has 0 saturated heterocycles. The molecule has 64 heavy (non-hydrogen) atoms. The van der Waals surface area contributed by atoms with Crippen molar-refractivity contribution in [1.82, 2.24) is 14.5 Å². The molecule has 0 aliphatic carbocycles. The van der Waals surface area contributed by atoms with Gasteiger partial charge in [-0.2, -0.15) is 0 Å². The summed E-state index contributed by atoms with van der Waals surface area (Å²) in [5.41, 5.74) is 16.8. The molecule has 5 heteroatoms. The van der Waals surface area contributed by atoms with Crippen LogP contribution < -0.4 is 0 Å². The molecule has 0 aliphatic rings. The molecule has 4 nitrogen and oxygen atoms in total. The second-order valence-corrected chi connectivity index (χ2v) is 20.9. The van der Waals surface area contributed by atoms with Crippen LogP contribution in [0, 0.1) is 18.9 Å². The van der Waals surface area contributed by atoms with Crippen molar-refractivity contribution < 1.29 is 26.2 Å². The Morgan fingerprint density at radius 1 is 0.609 bits per heavy atom. The smallest absolute Gasteiger partial charge is 0.148 e. The minimum Gasteiger partial charge on any atom is -0.507 e. The van der Waals surface area contributed by atoms with Crippen molar-refractivity contribution in [2.45, 2.75) is 106 Å². The monoisotopic (exact) mass is 1020 g/mol. The largest absolute Gasteiger partial charge is 0.507 e. The molecule has 0 bridgehead atoms. The van der Waals surface area contributed by atoms with E-state index in [-0.39, 0.29) is 43.1 Å². The van der Waals surface area contributed by atoms with Crippen LogP contribution in [-0.4, -0.2) is 19.6 Å². The summed E-state index contributed by atoms with van der Waals surface area (Å²) in [6.45, 7) is 26.6. The Hall–Kier alpha value is -5.57. The van der Waals surface area contributed by atoms with E-state index in [0.29, 0.717) is 17.3 Å². The fourth-order valence-electron chi connectivity index (χ4n) is 8.57. The van der Waals surface area contributed by atoms with E-state index in [1.54, 1.807) is 0 Å². The first-order valence-electron chi connectivity index (χ1n) is 22.5. The third kappa shape index (κ3) is 9.45. The van der Waals surface area contributed by atoms with E-state index in [1.165, 1.54) is 16.7 Å². The number of aryl methyl sites for hydroxylation is 1. The van der Waals surface area contributed by atoms with Gasteiger partial charge in [-0.05, 0) is 93.7 Å². The summed E-state index contributed by atoms with van der Waals surface area (Å²) in [5.74, 6) is 1.46. The summed E-state index contributed by atoms with van der Waals surface area (Å²) in [4.78, 5) is 10.6. The van der Waals surface area contributed by atoms with Crippen molar-refractivity contribution in [3.63, 3.8) is 0 Å². The van der Waals surface area contributed by atoms with Crippen LogP contribution in [0.5, 0.6) is 5.75 Å². The molecule has 0 aliphatic heterocycles. The standard InChI is InChI=1S/C59H62N3O.Pt/c1-37(2)29-39-23-26-52(48(30-39)41-17-14-13-15-18-41)62-53-20-16-19-47(54(53)61-56(62)49-35-46(58(7,8)9)36-50(55(49)63)59(10,11)12)43-31-44(33-45(32-43)57(4,5)6)51-34-42(27-28-60-51)40-24-21-38(3)22-25-40;/h13-28,30,32-37,63H,29H2,1-12H3;/q-1;. The summed E-state index contributed by atoms with van der Waals surface area (Å²) < 4.78 is 2.29. The number of hydrogen-bond acceptors (Lipinski definition) is 3. The van der Waals surface area contributed by atoms with Gasteiger partial charge in [-0.25, -0.2) is 4.98 Å². The first kappa shape index (κ1) is 46.4. The Kier molecular flexibility index (Phi) is 12.9. The summed E-state index contributed by atoms with van der Waals surface area (Å²) in [6.07, 6.45) is 2.87. The second kappa shape index (κ2) is 17.8. The molecule has 1 N–H and O–H groups in total. The fourth-order valence-corrected chi connectivity index (χ4v) is 8.57. The number of aromatic hydroxyl groups is 1. The van der Waals surface area contributed by atoms with Crippen LogP contribution in [-0.2, 0) is 43.7 Å². The zero-order chi connectivity index (χ0) is 45.0. The molecule has 8 rings (SSSR count). The predicted octanol–water partition coefficient (Wildman–Crippen LogP) is 15.7. The van der Waals surface area contributed by atoms with E-state index in [9.17, 15) is 5.11 Å². The number of pyridine rings is 1. The van der Waals surface area contributed by atoms with Crippen molar-refractivity contribution in [2.75, 3.05) is 0 Å². The van der Waals surface area contributed by atoms with Gasteiger partial charge >= 0.3 is 0 Å². The molecule has 0 unspecified atom stereocenters. The van der Waals surface area contributed by atoms with Gasteiger partial charge in [0.15, 0.2) is 0 Å². The Bertz CT molecular complexity index is 2960. The Balaban J connectivity index is 0.00000612. The normalized spacial score (nSPS) is 12.2. The molecule has 0 atom stereocenters. The van der Waals surface area contributed by atoms with Gasteiger partial charge in [-0.15, -0.1) is 29.3 Å². The molecule has 8 aromatic rings. The van der Waals surface area contributed by atoms with E-state index in [2.05, 4.69) is 221 Å². The summed E-state index contributed by atoms with van der Waals surface area (Å²) in [7, 11) is 0. The third-order valence-electron chi connectivity index (χ3n) is 12.2. The maximum atomic E-state index is 12.5. The molecule has 0 amide bonds. The summed E-state index contributed by atoms with van der Waals surface area (Å²) >= 11 is 0. The van der Waals surface area contributed by atoms with Crippen molar-refractivity contribution in [1.29, 1.82) is 0 Å². The molecule has 2 heterocycles. The van der Waals surface area contributed by atoms with Crippen LogP contribution in [0.1, 0.15) is 104 Å². The van der Waals surface area contributed by atoms with Crippen molar-refractivity contribution in [3.8, 4) is 67.5 Å². The van der Waals surface area contributed by atoms with Gasteiger partial charge in [0.25, 0.3) is 0 Å². The molecule has 330 valence electrons. The Labute approximate surface area is 396 Å². The van der Waals surface area contributed by atoms with Gasteiger partial charge in [0, 0.05) is 44.1 Å². The average molecular weight is 1020 g/mol. The minimum atomic E-state index is -0.320. The maximum Gasteiger partial charge on any atom is 0.148 e. The van der Waals surface area contributed by atoms with E-state index < -0.39 is 0 Å². The molecular weight excluding hydrogens is 962 g/mol. The zero-order valence-corrected chi connectivity index (χ0v) is 41.9. The molecule has 0 spiro atoms. The second-order valence-electron chi connectivity index (χ2n) is 20.9. The number of nitrogens with zero attached hydrogens (tertiary/aromatic N) is 3. The number of phenolic OH excluding ortho intramolecular Hbond substituents is 1. The van der Waals surface area contributed by atoms with Crippen molar-refractivity contribution in [3.05, 3.63) is 167 Å². The first-order valence-corrected chi connectivity index (χ1v) is 22.5. The maximum absolute atomic E-state index is 12.5.